The van der Waals surface area contributed by atoms with Crippen molar-refractivity contribution in [2.45, 2.75) is 0 Å². The van der Waals surface area contributed by atoms with Crippen LogP contribution in [0.2, 0.25) is 0 Å². The molecule has 5 heteroatoms. The fourth-order valence-electron chi connectivity index (χ4n) is 1.95. The van der Waals surface area contributed by atoms with E-state index in [1.54, 1.807) is 0 Å². The van der Waals surface area contributed by atoms with Gasteiger partial charge < -0.3 is 0 Å². The summed E-state index contributed by atoms with van der Waals surface area (Å²) in [5.74, 6) is 2.28. The van der Waals surface area contributed by atoms with Gasteiger partial charge in [-0.25, -0.2) is 0 Å². The Labute approximate surface area is 151 Å². The Balaban J connectivity index is 1.85. The number of hydrogen-bond donors (Lipinski definition) is 0. The summed E-state index contributed by atoms with van der Waals surface area (Å²) < 4.78 is 18.5. The van der Waals surface area contributed by atoms with Gasteiger partial charge in [0.15, 0.2) is 0 Å². The summed E-state index contributed by atoms with van der Waals surface area (Å²) in [5.41, 5.74) is 0. The standard InChI is InChI=1S/3C6H6O.Hf.HI/c3*7-6-4-2-1-3-5-6;;/h3*1-5,7H;;1H/q;;;+4;/p-4. The average Bonchev–Trinajstić information content (AvgIpc) is 2.57. The molecule has 3 aromatic rings. The van der Waals surface area contributed by atoms with Gasteiger partial charge in [0.1, 0.15) is 0 Å². The fourth-order valence-corrected chi connectivity index (χ4v) is 13.1. The first-order chi connectivity index (χ1) is 11.2. The molecule has 0 heterocycles. The van der Waals surface area contributed by atoms with Crippen LogP contribution in [0.3, 0.4) is 0 Å². The SMILES string of the molecule is [I][Hf]([O]c1ccccc1)([O]c1ccccc1)[O]c1ccccc1. The van der Waals surface area contributed by atoms with E-state index in [4.69, 9.17) is 8.56 Å². The molecule has 0 atom stereocenters. The minimum absolute atomic E-state index is 0.760. The predicted octanol–water partition coefficient (Wildman–Crippen LogP) is 5.47. The minimum atomic E-state index is -4.01. The van der Waals surface area contributed by atoms with Crippen LogP contribution in [0.25, 0.3) is 0 Å². The zero-order valence-electron chi connectivity index (χ0n) is 12.3. The van der Waals surface area contributed by atoms with Gasteiger partial charge in [-0.2, -0.15) is 0 Å². The molecule has 0 saturated carbocycles. The van der Waals surface area contributed by atoms with Crippen LogP contribution in [0.5, 0.6) is 17.2 Å². The molecule has 23 heavy (non-hydrogen) atoms. The van der Waals surface area contributed by atoms with Crippen molar-refractivity contribution in [2.75, 3.05) is 0 Å². The second-order valence-electron chi connectivity index (χ2n) is 4.73. The molecule has 116 valence electrons. The van der Waals surface area contributed by atoms with Crippen molar-refractivity contribution in [1.29, 1.82) is 0 Å². The number of benzene rings is 3. The second-order valence-corrected chi connectivity index (χ2v) is 21.2. The molecular formula is C18H15HfIO3. The zero-order valence-corrected chi connectivity index (χ0v) is 18.0. The summed E-state index contributed by atoms with van der Waals surface area (Å²) in [6, 6.07) is 29.0. The van der Waals surface area contributed by atoms with Crippen LogP contribution in [-0.4, -0.2) is 0 Å². The van der Waals surface area contributed by atoms with Gasteiger partial charge in [0.2, 0.25) is 0 Å². The van der Waals surface area contributed by atoms with Gasteiger partial charge in [0.05, 0.1) is 0 Å². The summed E-state index contributed by atoms with van der Waals surface area (Å²) in [5, 5.41) is 0. The third kappa shape index (κ3) is 5.07. The molecule has 0 radical (unpaired) electrons. The summed E-state index contributed by atoms with van der Waals surface area (Å²) in [6.07, 6.45) is 0. The Morgan fingerprint density at radius 2 is 0.739 bits per heavy atom. The first-order valence-electron chi connectivity index (χ1n) is 7.15. The normalized spacial score (nSPS) is 10.8. The molecule has 0 unspecified atom stereocenters. The summed E-state index contributed by atoms with van der Waals surface area (Å²) >= 11 is -1.77. The molecule has 3 rings (SSSR count). The van der Waals surface area contributed by atoms with Gasteiger partial charge in [0.25, 0.3) is 0 Å². The van der Waals surface area contributed by atoms with Crippen LogP contribution in [0.15, 0.2) is 91.0 Å². The first-order valence-corrected chi connectivity index (χ1v) is 21.7. The van der Waals surface area contributed by atoms with Crippen molar-refractivity contribution < 1.29 is 25.7 Å². The van der Waals surface area contributed by atoms with E-state index in [9.17, 15) is 0 Å². The zero-order chi connectivity index (χ0) is 16.0. The molecule has 0 spiro atoms. The average molecular weight is 585 g/mol. The third-order valence-electron chi connectivity index (χ3n) is 2.95. The second kappa shape index (κ2) is 7.97. The Hall–Kier alpha value is -1.34. The van der Waals surface area contributed by atoms with Crippen LogP contribution in [0.4, 0.5) is 0 Å². The van der Waals surface area contributed by atoms with Gasteiger partial charge >= 0.3 is 152 Å². The molecule has 0 fully saturated rings. The quantitative estimate of drug-likeness (QED) is 0.284. The molecule has 0 aliphatic rings. The van der Waals surface area contributed by atoms with Crippen molar-refractivity contribution in [3.05, 3.63) is 91.0 Å². The molecule has 0 N–H and O–H groups in total. The van der Waals surface area contributed by atoms with E-state index in [1.165, 1.54) is 0 Å². The molecule has 0 aromatic heterocycles. The summed E-state index contributed by atoms with van der Waals surface area (Å²) in [4.78, 5) is 0. The first kappa shape index (κ1) is 16.5. The van der Waals surface area contributed by atoms with Crippen molar-refractivity contribution >= 4 is 18.1 Å². The van der Waals surface area contributed by atoms with Gasteiger partial charge in [-0.3, -0.25) is 0 Å². The van der Waals surface area contributed by atoms with Crippen LogP contribution >= 0.6 is 18.1 Å². The van der Waals surface area contributed by atoms with Crippen molar-refractivity contribution in [3.63, 3.8) is 0 Å². The molecule has 0 saturated heterocycles. The van der Waals surface area contributed by atoms with Crippen LogP contribution in [-0.2, 0) is 17.1 Å². The third-order valence-corrected chi connectivity index (χ3v) is 13.5. The van der Waals surface area contributed by atoms with Crippen LogP contribution in [0.1, 0.15) is 0 Å². The summed E-state index contributed by atoms with van der Waals surface area (Å²) in [6.45, 7) is 0. The summed E-state index contributed by atoms with van der Waals surface area (Å²) in [7, 11) is 0. The maximum absolute atomic E-state index is 6.17. The van der Waals surface area contributed by atoms with Gasteiger partial charge in [-0.1, -0.05) is 0 Å². The number of hydrogen-bond acceptors (Lipinski definition) is 3. The Kier molecular flexibility index (Phi) is 5.72. The predicted molar refractivity (Wildman–Crippen MR) is 95.2 cm³/mol. The molecule has 3 nitrogen and oxygen atoms in total. The molecule has 0 amide bonds. The molecule has 3 aromatic carbocycles. The van der Waals surface area contributed by atoms with E-state index >= 15 is 0 Å². The van der Waals surface area contributed by atoms with Crippen LogP contribution in [0, 0.1) is 0 Å². The van der Waals surface area contributed by atoms with E-state index in [0.29, 0.717) is 0 Å². The van der Waals surface area contributed by atoms with Gasteiger partial charge in [0, 0.05) is 0 Å². The number of rotatable bonds is 6. The van der Waals surface area contributed by atoms with Gasteiger partial charge in [-0.15, -0.1) is 0 Å². The van der Waals surface area contributed by atoms with E-state index in [0.717, 1.165) is 17.2 Å². The van der Waals surface area contributed by atoms with E-state index in [-0.39, 0.29) is 0 Å². The fraction of sp³-hybridized carbons (Fsp3) is 0. The van der Waals surface area contributed by atoms with E-state index in [2.05, 4.69) is 18.1 Å². The van der Waals surface area contributed by atoms with Gasteiger partial charge in [-0.05, 0) is 0 Å². The topological polar surface area (TPSA) is 27.7 Å². The number of halogens is 1. The monoisotopic (exact) mass is 586 g/mol. The Bertz CT molecular complexity index is 622. The molecular weight excluding hydrogens is 570 g/mol. The van der Waals surface area contributed by atoms with Crippen molar-refractivity contribution in [1.82, 2.24) is 0 Å². The number of para-hydroxylation sites is 3. The molecule has 0 aliphatic carbocycles. The molecule has 0 aliphatic heterocycles. The Morgan fingerprint density at radius 3 is 1.00 bits per heavy atom. The van der Waals surface area contributed by atoms with E-state index in [1.807, 2.05) is 91.0 Å². The maximum atomic E-state index is 6.17. The molecule has 0 bridgehead atoms. The van der Waals surface area contributed by atoms with Crippen molar-refractivity contribution in [2.24, 2.45) is 0 Å². The van der Waals surface area contributed by atoms with Crippen molar-refractivity contribution in [3.8, 4) is 17.2 Å². The van der Waals surface area contributed by atoms with E-state index < -0.39 is 17.1 Å². The van der Waals surface area contributed by atoms with Crippen LogP contribution < -0.4 is 8.56 Å². The Morgan fingerprint density at radius 1 is 0.478 bits per heavy atom.